The molecule has 0 aliphatic rings. The number of rotatable bonds is 5. The maximum Gasteiger partial charge on any atom is 0.123 e. The van der Waals surface area contributed by atoms with E-state index in [4.69, 9.17) is 5.26 Å². The van der Waals surface area contributed by atoms with Crippen molar-refractivity contribution in [1.29, 1.82) is 5.26 Å². The second-order valence-electron chi connectivity index (χ2n) is 4.93. The van der Waals surface area contributed by atoms with Crippen LogP contribution < -0.4 is 5.32 Å². The van der Waals surface area contributed by atoms with Crippen molar-refractivity contribution >= 4 is 0 Å². The average molecular weight is 268 g/mol. The molecule has 0 aromatic heterocycles. The fourth-order valence-electron chi connectivity index (χ4n) is 2.13. The average Bonchev–Trinajstić information content (AvgIpc) is 2.45. The lowest BCUT2D eigenvalue weighted by Gasteiger charge is -2.14. The first-order chi connectivity index (χ1) is 9.67. The van der Waals surface area contributed by atoms with Crippen LogP contribution in [0.3, 0.4) is 0 Å². The summed E-state index contributed by atoms with van der Waals surface area (Å²) in [6.45, 7) is 2.77. The minimum Gasteiger partial charge on any atom is -0.310 e. The van der Waals surface area contributed by atoms with Crippen molar-refractivity contribution in [2.45, 2.75) is 25.9 Å². The number of hydrogen-bond donors (Lipinski definition) is 1. The number of nitriles is 1. The van der Waals surface area contributed by atoms with Crippen LogP contribution in [0.2, 0.25) is 0 Å². The van der Waals surface area contributed by atoms with E-state index in [1.54, 1.807) is 18.2 Å². The Balaban J connectivity index is 1.89. The van der Waals surface area contributed by atoms with Crippen LogP contribution in [0.1, 0.15) is 23.6 Å². The molecule has 0 radical (unpaired) electrons. The van der Waals surface area contributed by atoms with Gasteiger partial charge in [-0.15, -0.1) is 0 Å². The summed E-state index contributed by atoms with van der Waals surface area (Å²) in [4.78, 5) is 0. The first-order valence-electron chi connectivity index (χ1n) is 6.64. The summed E-state index contributed by atoms with van der Waals surface area (Å²) in [5, 5.41) is 12.2. The number of nitrogens with zero attached hydrogens (tertiary/aromatic N) is 1. The first-order valence-corrected chi connectivity index (χ1v) is 6.64. The van der Waals surface area contributed by atoms with Gasteiger partial charge in [-0.2, -0.15) is 5.26 Å². The lowest BCUT2D eigenvalue weighted by atomic mass is 10.1. The highest BCUT2D eigenvalue weighted by atomic mass is 19.1. The molecule has 0 heterocycles. The molecule has 2 nitrogen and oxygen atoms in total. The second kappa shape index (κ2) is 6.83. The van der Waals surface area contributed by atoms with Gasteiger partial charge in [0.05, 0.1) is 11.6 Å². The molecule has 20 heavy (non-hydrogen) atoms. The molecule has 1 unspecified atom stereocenters. The minimum absolute atomic E-state index is 0.198. The summed E-state index contributed by atoms with van der Waals surface area (Å²) < 4.78 is 13.1. The lowest BCUT2D eigenvalue weighted by Crippen LogP contribution is -2.27. The number of halogens is 1. The van der Waals surface area contributed by atoms with Crippen LogP contribution in [-0.4, -0.2) is 6.04 Å². The molecule has 102 valence electrons. The van der Waals surface area contributed by atoms with Crippen molar-refractivity contribution < 1.29 is 4.39 Å². The van der Waals surface area contributed by atoms with Crippen LogP contribution in [0.5, 0.6) is 0 Å². The smallest absolute Gasteiger partial charge is 0.123 e. The molecule has 3 heteroatoms. The second-order valence-corrected chi connectivity index (χ2v) is 4.93. The maximum atomic E-state index is 13.1. The fourth-order valence-corrected chi connectivity index (χ4v) is 2.13. The summed E-state index contributed by atoms with van der Waals surface area (Å²) in [5.74, 6) is -0.198. The van der Waals surface area contributed by atoms with Gasteiger partial charge < -0.3 is 5.32 Å². The van der Waals surface area contributed by atoms with Gasteiger partial charge in [-0.05, 0) is 48.7 Å². The Morgan fingerprint density at radius 3 is 2.65 bits per heavy atom. The monoisotopic (exact) mass is 268 g/mol. The molecule has 0 aliphatic heterocycles. The molecule has 1 atom stereocenters. The van der Waals surface area contributed by atoms with E-state index in [2.05, 4.69) is 18.3 Å². The van der Waals surface area contributed by atoms with E-state index < -0.39 is 0 Å². The van der Waals surface area contributed by atoms with Gasteiger partial charge in [0.25, 0.3) is 0 Å². The van der Waals surface area contributed by atoms with E-state index in [1.807, 2.05) is 24.3 Å². The van der Waals surface area contributed by atoms with Crippen molar-refractivity contribution in [2.75, 3.05) is 0 Å². The van der Waals surface area contributed by atoms with E-state index in [1.165, 1.54) is 6.07 Å². The molecule has 0 saturated heterocycles. The van der Waals surface area contributed by atoms with Crippen LogP contribution >= 0.6 is 0 Å². The SMILES string of the molecule is CC(Cc1cccc(F)c1)NCc1cccc(C#N)c1. The summed E-state index contributed by atoms with van der Waals surface area (Å²) in [7, 11) is 0. The summed E-state index contributed by atoms with van der Waals surface area (Å²) in [5.41, 5.74) is 2.73. The van der Waals surface area contributed by atoms with Crippen LogP contribution in [-0.2, 0) is 13.0 Å². The Morgan fingerprint density at radius 1 is 1.15 bits per heavy atom. The van der Waals surface area contributed by atoms with Gasteiger partial charge in [-0.3, -0.25) is 0 Å². The standard InChI is InChI=1S/C17H17FN2/c1-13(8-14-4-3-7-17(18)10-14)20-12-16-6-2-5-15(9-16)11-19/h2-7,9-10,13,20H,8,12H2,1H3. The minimum atomic E-state index is -0.198. The topological polar surface area (TPSA) is 35.8 Å². The Morgan fingerprint density at radius 2 is 1.90 bits per heavy atom. The summed E-state index contributed by atoms with van der Waals surface area (Å²) in [6, 6.07) is 16.6. The van der Waals surface area contributed by atoms with E-state index in [0.717, 1.165) is 17.5 Å². The van der Waals surface area contributed by atoms with Gasteiger partial charge in [0.15, 0.2) is 0 Å². The lowest BCUT2D eigenvalue weighted by molar-refractivity contribution is 0.543. The zero-order chi connectivity index (χ0) is 14.4. The number of benzene rings is 2. The van der Waals surface area contributed by atoms with Crippen molar-refractivity contribution in [3.8, 4) is 6.07 Å². The third-order valence-electron chi connectivity index (χ3n) is 3.14. The van der Waals surface area contributed by atoms with E-state index in [0.29, 0.717) is 12.1 Å². The molecular formula is C17H17FN2. The molecule has 0 bridgehead atoms. The van der Waals surface area contributed by atoms with E-state index >= 15 is 0 Å². The number of nitrogens with one attached hydrogen (secondary N) is 1. The highest BCUT2D eigenvalue weighted by molar-refractivity contribution is 5.32. The molecule has 2 rings (SSSR count). The Bertz CT molecular complexity index is 616. The molecule has 2 aromatic carbocycles. The van der Waals surface area contributed by atoms with Gasteiger partial charge in [0.1, 0.15) is 5.82 Å². The van der Waals surface area contributed by atoms with Crippen molar-refractivity contribution in [3.63, 3.8) is 0 Å². The Hall–Kier alpha value is -2.18. The third kappa shape index (κ3) is 4.18. The molecule has 2 aromatic rings. The molecule has 0 spiro atoms. The van der Waals surface area contributed by atoms with Crippen LogP contribution in [0.15, 0.2) is 48.5 Å². The predicted octanol–water partition coefficient (Wildman–Crippen LogP) is 3.42. The largest absolute Gasteiger partial charge is 0.310 e. The first kappa shape index (κ1) is 14.2. The molecule has 0 aliphatic carbocycles. The van der Waals surface area contributed by atoms with Crippen molar-refractivity contribution in [2.24, 2.45) is 0 Å². The van der Waals surface area contributed by atoms with E-state index in [-0.39, 0.29) is 11.9 Å². The maximum absolute atomic E-state index is 13.1. The molecule has 0 fully saturated rings. The van der Waals surface area contributed by atoms with Gasteiger partial charge in [0.2, 0.25) is 0 Å². The zero-order valence-electron chi connectivity index (χ0n) is 11.4. The quantitative estimate of drug-likeness (QED) is 0.902. The molecule has 0 amide bonds. The van der Waals surface area contributed by atoms with Gasteiger partial charge >= 0.3 is 0 Å². The Labute approximate surface area is 118 Å². The van der Waals surface area contributed by atoms with Crippen LogP contribution in [0.25, 0.3) is 0 Å². The van der Waals surface area contributed by atoms with Gasteiger partial charge in [-0.1, -0.05) is 24.3 Å². The van der Waals surface area contributed by atoms with Crippen molar-refractivity contribution in [1.82, 2.24) is 5.32 Å². The molecule has 0 saturated carbocycles. The Kier molecular flexibility index (Phi) is 4.86. The zero-order valence-corrected chi connectivity index (χ0v) is 11.4. The van der Waals surface area contributed by atoms with Gasteiger partial charge in [-0.25, -0.2) is 4.39 Å². The van der Waals surface area contributed by atoms with Crippen LogP contribution in [0.4, 0.5) is 4.39 Å². The fraction of sp³-hybridized carbons (Fsp3) is 0.235. The molecular weight excluding hydrogens is 251 g/mol. The highest BCUT2D eigenvalue weighted by Crippen LogP contribution is 2.08. The number of hydrogen-bond acceptors (Lipinski definition) is 2. The van der Waals surface area contributed by atoms with Gasteiger partial charge in [0, 0.05) is 12.6 Å². The predicted molar refractivity (Wildman–Crippen MR) is 77.6 cm³/mol. The third-order valence-corrected chi connectivity index (χ3v) is 3.14. The van der Waals surface area contributed by atoms with Crippen LogP contribution in [0, 0.1) is 17.1 Å². The normalized spacial score (nSPS) is 11.8. The highest BCUT2D eigenvalue weighted by Gasteiger charge is 2.04. The summed E-state index contributed by atoms with van der Waals surface area (Å²) in [6.07, 6.45) is 0.774. The molecule has 1 N–H and O–H groups in total. The van der Waals surface area contributed by atoms with Crippen molar-refractivity contribution in [3.05, 3.63) is 71.0 Å². The van der Waals surface area contributed by atoms with E-state index in [9.17, 15) is 4.39 Å². The summed E-state index contributed by atoms with van der Waals surface area (Å²) >= 11 is 0.